The van der Waals surface area contributed by atoms with Gasteiger partial charge in [0.25, 0.3) is 11.8 Å². The fraction of sp³-hybridized carbons (Fsp3) is 0.241. The molecule has 0 bridgehead atoms. The van der Waals surface area contributed by atoms with Crippen molar-refractivity contribution < 1.29 is 19.5 Å². The summed E-state index contributed by atoms with van der Waals surface area (Å²) < 4.78 is 0. The summed E-state index contributed by atoms with van der Waals surface area (Å²) in [5, 5.41) is 15.3. The highest BCUT2D eigenvalue weighted by molar-refractivity contribution is 6.06. The Morgan fingerprint density at radius 2 is 1.72 bits per heavy atom. The normalized spacial score (nSPS) is 15.0. The Kier molecular flexibility index (Phi) is 7.29. The lowest BCUT2D eigenvalue weighted by Crippen LogP contribution is -2.42. The minimum atomic E-state index is -1.11. The zero-order valence-electron chi connectivity index (χ0n) is 20.5. The summed E-state index contributed by atoms with van der Waals surface area (Å²) in [5.41, 5.74) is 5.75. The minimum Gasteiger partial charge on any atom is -0.480 e. The Morgan fingerprint density at radius 3 is 2.39 bits per heavy atom. The van der Waals surface area contributed by atoms with Gasteiger partial charge >= 0.3 is 5.97 Å². The van der Waals surface area contributed by atoms with Gasteiger partial charge in [-0.15, -0.1) is 0 Å². The van der Waals surface area contributed by atoms with Crippen molar-refractivity contribution in [2.45, 2.75) is 45.6 Å². The van der Waals surface area contributed by atoms with Crippen molar-refractivity contribution in [3.05, 3.63) is 99.9 Å². The van der Waals surface area contributed by atoms with E-state index in [1.807, 2.05) is 38.1 Å². The number of pyridine rings is 1. The van der Waals surface area contributed by atoms with Crippen LogP contribution in [0.5, 0.6) is 0 Å². The molecule has 0 saturated heterocycles. The molecule has 36 heavy (non-hydrogen) atoms. The second kappa shape index (κ2) is 10.6. The number of allylic oxidation sites excluding steroid dienone is 1. The Bertz CT molecular complexity index is 1320. The standard InChI is InChI=1S/C29H29N3O4/c1-17-6-4-7-18(2)25(17)28(34)32-24(29(35)36)16-20-10-12-21(13-11-20)31-27(33)22-14-15-30-23-9-5-8-19(3)26(22)23/h4-7,9-15,19,24H,8,16H2,1-3H3,(H,31,33)(H,32,34)(H,35,36). The van der Waals surface area contributed by atoms with Gasteiger partial charge in [-0.3, -0.25) is 14.6 Å². The van der Waals surface area contributed by atoms with Crippen molar-refractivity contribution >= 4 is 29.5 Å². The van der Waals surface area contributed by atoms with E-state index in [0.29, 0.717) is 16.8 Å². The molecule has 2 atom stereocenters. The number of aromatic nitrogens is 1. The first kappa shape index (κ1) is 24.9. The van der Waals surface area contributed by atoms with Crippen LogP contribution in [0.3, 0.4) is 0 Å². The largest absolute Gasteiger partial charge is 0.480 e. The van der Waals surface area contributed by atoms with Gasteiger partial charge in [0.15, 0.2) is 0 Å². The number of carbonyl (C=O) groups excluding carboxylic acids is 2. The maximum atomic E-state index is 13.0. The molecule has 1 aliphatic rings. The summed E-state index contributed by atoms with van der Waals surface area (Å²) in [5.74, 6) is -1.54. The lowest BCUT2D eigenvalue weighted by atomic mass is 9.87. The number of aryl methyl sites for hydroxylation is 2. The van der Waals surface area contributed by atoms with Gasteiger partial charge < -0.3 is 15.7 Å². The molecule has 2 amide bonds. The summed E-state index contributed by atoms with van der Waals surface area (Å²) in [6.45, 7) is 5.72. The number of fused-ring (bicyclic) bond motifs is 1. The number of anilines is 1. The van der Waals surface area contributed by atoms with Crippen molar-refractivity contribution in [2.75, 3.05) is 5.32 Å². The van der Waals surface area contributed by atoms with Gasteiger partial charge in [0.05, 0.1) is 5.69 Å². The predicted octanol–water partition coefficient (Wildman–Crippen LogP) is 4.90. The molecule has 0 aliphatic heterocycles. The molecule has 3 N–H and O–H groups in total. The Hall–Kier alpha value is -4.26. The van der Waals surface area contributed by atoms with Crippen LogP contribution in [0, 0.1) is 13.8 Å². The van der Waals surface area contributed by atoms with Crippen LogP contribution in [0.15, 0.2) is 60.8 Å². The quantitative estimate of drug-likeness (QED) is 0.443. The van der Waals surface area contributed by atoms with E-state index in [0.717, 1.165) is 34.4 Å². The molecule has 0 fully saturated rings. The van der Waals surface area contributed by atoms with Gasteiger partial charge in [-0.05, 0) is 72.7 Å². The predicted molar refractivity (Wildman–Crippen MR) is 139 cm³/mol. The zero-order valence-corrected chi connectivity index (χ0v) is 20.5. The number of amides is 2. The maximum absolute atomic E-state index is 13.0. The molecule has 7 heteroatoms. The van der Waals surface area contributed by atoms with Crippen LogP contribution in [-0.2, 0) is 11.2 Å². The van der Waals surface area contributed by atoms with Crippen LogP contribution in [0.4, 0.5) is 5.69 Å². The SMILES string of the molecule is Cc1cccc(C)c1C(=O)NC(Cc1ccc(NC(=O)c2ccnc3c2C(C)CC=C3)cc1)C(=O)O. The molecule has 184 valence electrons. The van der Waals surface area contributed by atoms with Gasteiger partial charge in [0, 0.05) is 29.4 Å². The Labute approximate surface area is 210 Å². The highest BCUT2D eigenvalue weighted by Crippen LogP contribution is 2.31. The van der Waals surface area contributed by atoms with Crippen LogP contribution < -0.4 is 10.6 Å². The molecule has 0 spiro atoms. The van der Waals surface area contributed by atoms with Crippen LogP contribution in [0.1, 0.15) is 67.9 Å². The van der Waals surface area contributed by atoms with E-state index < -0.39 is 17.9 Å². The number of nitrogens with one attached hydrogen (secondary N) is 2. The maximum Gasteiger partial charge on any atom is 0.326 e. The number of rotatable bonds is 7. The number of hydrogen-bond acceptors (Lipinski definition) is 4. The van der Waals surface area contributed by atoms with Gasteiger partial charge in [-0.25, -0.2) is 4.79 Å². The number of carboxylic acid groups (broad SMARTS) is 1. The number of carbonyl (C=O) groups is 3. The topological polar surface area (TPSA) is 108 Å². The highest BCUT2D eigenvalue weighted by atomic mass is 16.4. The molecular formula is C29H29N3O4. The van der Waals surface area contributed by atoms with Gasteiger partial charge in [0.1, 0.15) is 6.04 Å². The third kappa shape index (κ3) is 5.35. The van der Waals surface area contributed by atoms with E-state index in [4.69, 9.17) is 0 Å². The van der Waals surface area contributed by atoms with E-state index in [2.05, 4.69) is 28.6 Å². The second-order valence-electron chi connectivity index (χ2n) is 9.18. The fourth-order valence-electron chi connectivity index (χ4n) is 4.60. The summed E-state index contributed by atoms with van der Waals surface area (Å²) in [7, 11) is 0. The molecule has 2 unspecified atom stereocenters. The fourth-order valence-corrected chi connectivity index (χ4v) is 4.60. The molecule has 3 aromatic rings. The highest BCUT2D eigenvalue weighted by Gasteiger charge is 2.24. The lowest BCUT2D eigenvalue weighted by Gasteiger charge is -2.20. The summed E-state index contributed by atoms with van der Waals surface area (Å²) in [6.07, 6.45) is 6.62. The molecule has 0 saturated carbocycles. The van der Waals surface area contributed by atoms with Crippen LogP contribution in [0.2, 0.25) is 0 Å². The van der Waals surface area contributed by atoms with Gasteiger partial charge in [-0.1, -0.05) is 43.3 Å². The summed E-state index contributed by atoms with van der Waals surface area (Å²) in [6, 6.07) is 13.1. The molecule has 2 aromatic carbocycles. The summed E-state index contributed by atoms with van der Waals surface area (Å²) >= 11 is 0. The summed E-state index contributed by atoms with van der Waals surface area (Å²) in [4.78, 5) is 42.1. The Morgan fingerprint density at radius 1 is 1.03 bits per heavy atom. The average Bonchev–Trinajstić information content (AvgIpc) is 2.84. The van der Waals surface area contributed by atoms with E-state index in [1.54, 1.807) is 36.5 Å². The van der Waals surface area contributed by atoms with E-state index in [-0.39, 0.29) is 18.2 Å². The average molecular weight is 484 g/mol. The smallest absolute Gasteiger partial charge is 0.326 e. The van der Waals surface area contributed by atoms with Crippen molar-refractivity contribution in [3.8, 4) is 0 Å². The molecule has 1 aliphatic carbocycles. The van der Waals surface area contributed by atoms with E-state index >= 15 is 0 Å². The van der Waals surface area contributed by atoms with Crippen molar-refractivity contribution in [3.63, 3.8) is 0 Å². The first-order chi connectivity index (χ1) is 17.2. The van der Waals surface area contributed by atoms with Crippen LogP contribution >= 0.6 is 0 Å². The lowest BCUT2D eigenvalue weighted by molar-refractivity contribution is -0.139. The monoisotopic (exact) mass is 483 g/mol. The van der Waals surface area contributed by atoms with Crippen molar-refractivity contribution in [1.29, 1.82) is 0 Å². The molecule has 7 nitrogen and oxygen atoms in total. The first-order valence-electron chi connectivity index (χ1n) is 11.9. The molecule has 4 rings (SSSR count). The van der Waals surface area contributed by atoms with E-state index in [9.17, 15) is 19.5 Å². The number of aliphatic carboxylic acids is 1. The van der Waals surface area contributed by atoms with Crippen LogP contribution in [-0.4, -0.2) is 33.9 Å². The second-order valence-corrected chi connectivity index (χ2v) is 9.18. The molecule has 1 aromatic heterocycles. The van der Waals surface area contributed by atoms with Crippen LogP contribution in [0.25, 0.3) is 6.08 Å². The number of carboxylic acids is 1. The number of nitrogens with zero attached hydrogens (tertiary/aromatic N) is 1. The minimum absolute atomic E-state index is 0.113. The molecule has 1 heterocycles. The number of benzene rings is 2. The third-order valence-corrected chi connectivity index (χ3v) is 6.49. The van der Waals surface area contributed by atoms with Gasteiger partial charge in [-0.2, -0.15) is 0 Å². The Balaban J connectivity index is 1.45. The third-order valence-electron chi connectivity index (χ3n) is 6.49. The van der Waals surface area contributed by atoms with Crippen molar-refractivity contribution in [2.24, 2.45) is 0 Å². The van der Waals surface area contributed by atoms with Crippen molar-refractivity contribution in [1.82, 2.24) is 10.3 Å². The number of hydrogen-bond donors (Lipinski definition) is 3. The molecule has 0 radical (unpaired) electrons. The molecular weight excluding hydrogens is 454 g/mol. The zero-order chi connectivity index (χ0) is 25.8. The van der Waals surface area contributed by atoms with E-state index in [1.165, 1.54) is 0 Å². The van der Waals surface area contributed by atoms with Gasteiger partial charge in [0.2, 0.25) is 0 Å². The first-order valence-corrected chi connectivity index (χ1v) is 11.9.